The Balaban J connectivity index is 0.965. The van der Waals surface area contributed by atoms with Crippen LogP contribution in [0.25, 0.3) is 78.4 Å². The van der Waals surface area contributed by atoms with Crippen LogP contribution in [0, 0.1) is 0 Å². The maximum Gasteiger partial charge on any atom is 0.178 e. The van der Waals surface area contributed by atoms with E-state index in [0.29, 0.717) is 17.3 Å². The summed E-state index contributed by atoms with van der Waals surface area (Å²) in [4.78, 5) is 10.4. The van der Waals surface area contributed by atoms with Gasteiger partial charge in [-0.05, 0) is 80.4 Å². The lowest BCUT2D eigenvalue weighted by molar-refractivity contribution is 0.360. The molecule has 0 saturated carbocycles. The molecule has 0 bridgehead atoms. The van der Waals surface area contributed by atoms with Crippen molar-refractivity contribution in [3.63, 3.8) is 0 Å². The lowest BCUT2D eigenvalue weighted by atomic mass is 9.82. The van der Waals surface area contributed by atoms with Crippen LogP contribution in [0.1, 0.15) is 25.0 Å². The van der Waals surface area contributed by atoms with Gasteiger partial charge in [-0.15, -0.1) is 0 Å². The summed E-state index contributed by atoms with van der Waals surface area (Å²) in [5.41, 5.74) is 16.1. The number of ether oxygens (including phenoxy) is 2. The number of hydrogen-bond acceptors (Lipinski definition) is 4. The van der Waals surface area contributed by atoms with Gasteiger partial charge in [0.1, 0.15) is 0 Å². The molecule has 2 aliphatic rings. The molecule has 0 radical (unpaired) electrons. The normalized spacial score (nSPS) is 13.0. The van der Waals surface area contributed by atoms with E-state index in [1.54, 1.807) is 0 Å². The molecule has 0 atom stereocenters. The zero-order chi connectivity index (χ0) is 39.5. The van der Waals surface area contributed by atoms with Crippen LogP contribution in [0.15, 0.2) is 194 Å². The average molecular weight is 759 g/mol. The minimum atomic E-state index is -0.134. The highest BCUT2D eigenvalue weighted by Gasteiger charge is 2.39. The number of rotatable bonds is 6. The Bertz CT molecular complexity index is 2940. The van der Waals surface area contributed by atoms with Gasteiger partial charge in [0, 0.05) is 27.7 Å². The predicted octanol–water partition coefficient (Wildman–Crippen LogP) is 14.7. The zero-order valence-corrected chi connectivity index (χ0v) is 32.7. The van der Waals surface area contributed by atoms with Gasteiger partial charge in [-0.25, -0.2) is 9.97 Å². The van der Waals surface area contributed by atoms with Gasteiger partial charge in [0.05, 0.1) is 11.4 Å². The van der Waals surface area contributed by atoms with E-state index in [-0.39, 0.29) is 5.41 Å². The summed E-state index contributed by atoms with van der Waals surface area (Å²) in [6.07, 6.45) is 0. The molecule has 0 saturated heterocycles. The molecule has 0 fully saturated rings. The third-order valence-electron chi connectivity index (χ3n) is 11.8. The molecule has 2 heterocycles. The summed E-state index contributed by atoms with van der Waals surface area (Å²) in [5, 5.41) is 0. The molecule has 0 unspecified atom stereocenters. The molecular weight excluding hydrogens is 721 g/mol. The Morgan fingerprint density at radius 3 is 1.59 bits per heavy atom. The summed E-state index contributed by atoms with van der Waals surface area (Å²) in [6, 6.07) is 67.7. The highest BCUT2D eigenvalue weighted by Crippen LogP contribution is 2.58. The van der Waals surface area contributed by atoms with Crippen LogP contribution in [-0.2, 0) is 5.41 Å². The van der Waals surface area contributed by atoms with Crippen molar-refractivity contribution in [3.8, 4) is 101 Å². The van der Waals surface area contributed by atoms with Crippen molar-refractivity contribution in [2.75, 3.05) is 0 Å². The fraction of sp³-hybridized carbons (Fsp3) is 0.0545. The van der Waals surface area contributed by atoms with E-state index in [4.69, 9.17) is 19.4 Å². The molecule has 1 aliphatic carbocycles. The third-order valence-corrected chi connectivity index (χ3v) is 11.8. The van der Waals surface area contributed by atoms with Gasteiger partial charge in [0.25, 0.3) is 0 Å². The lowest BCUT2D eigenvalue weighted by Gasteiger charge is -2.25. The van der Waals surface area contributed by atoms with Crippen molar-refractivity contribution in [2.24, 2.45) is 0 Å². The molecule has 8 aromatic carbocycles. The number of aromatic nitrogens is 2. The number of hydrogen-bond donors (Lipinski definition) is 0. The second kappa shape index (κ2) is 13.8. The maximum absolute atomic E-state index is 6.80. The Morgan fingerprint density at radius 1 is 0.356 bits per heavy atom. The van der Waals surface area contributed by atoms with E-state index in [2.05, 4.69) is 184 Å². The zero-order valence-electron chi connectivity index (χ0n) is 32.7. The van der Waals surface area contributed by atoms with Gasteiger partial charge in [0.15, 0.2) is 28.8 Å². The molecule has 0 N–H and O–H groups in total. The van der Waals surface area contributed by atoms with Gasteiger partial charge in [-0.2, -0.15) is 0 Å². The molecule has 11 rings (SSSR count). The Labute approximate surface area is 344 Å². The first kappa shape index (κ1) is 34.7. The standard InChI is InChI=1S/C55H38N2O2/c1-55(2)45-19-10-9-18-44(45)52-46(55)29-31-50-53(52)59-51-33-42(28-30-49(51)58-50)41-16-11-17-43(32-41)48-34-47(39-24-20-37(21-25-39)35-12-5-3-6-13-35)56-54(57-48)40-26-22-38(23-27-40)36-14-7-4-8-15-36/h3-34H,1-2H3. The average Bonchev–Trinajstić information content (AvgIpc) is 3.54. The molecule has 280 valence electrons. The quantitative estimate of drug-likeness (QED) is 0.169. The van der Waals surface area contributed by atoms with Gasteiger partial charge in [0.2, 0.25) is 0 Å². The first-order valence-corrected chi connectivity index (χ1v) is 20.0. The summed E-state index contributed by atoms with van der Waals surface area (Å²) < 4.78 is 13.3. The number of nitrogens with zero attached hydrogens (tertiary/aromatic N) is 2. The first-order valence-electron chi connectivity index (χ1n) is 20.0. The molecule has 1 aliphatic heterocycles. The van der Waals surface area contributed by atoms with Crippen LogP contribution in [-0.4, -0.2) is 9.97 Å². The van der Waals surface area contributed by atoms with E-state index in [1.807, 2.05) is 24.3 Å². The minimum Gasteiger partial charge on any atom is -0.449 e. The second-order valence-corrected chi connectivity index (χ2v) is 15.8. The first-order chi connectivity index (χ1) is 29.0. The van der Waals surface area contributed by atoms with Crippen molar-refractivity contribution in [3.05, 3.63) is 205 Å². The van der Waals surface area contributed by atoms with Gasteiger partial charge >= 0.3 is 0 Å². The monoisotopic (exact) mass is 758 g/mol. The third kappa shape index (κ3) is 6.09. The fourth-order valence-corrected chi connectivity index (χ4v) is 8.64. The van der Waals surface area contributed by atoms with E-state index in [9.17, 15) is 0 Å². The molecule has 1 aromatic heterocycles. The van der Waals surface area contributed by atoms with Crippen LogP contribution in [0.5, 0.6) is 23.0 Å². The molecule has 4 nitrogen and oxygen atoms in total. The molecule has 59 heavy (non-hydrogen) atoms. The largest absolute Gasteiger partial charge is 0.449 e. The molecule has 4 heteroatoms. The van der Waals surface area contributed by atoms with Crippen LogP contribution < -0.4 is 9.47 Å². The Morgan fingerprint density at radius 2 is 0.881 bits per heavy atom. The second-order valence-electron chi connectivity index (χ2n) is 15.8. The van der Waals surface area contributed by atoms with Crippen molar-refractivity contribution < 1.29 is 9.47 Å². The van der Waals surface area contributed by atoms with E-state index in [0.717, 1.165) is 67.4 Å². The molecule has 0 spiro atoms. The van der Waals surface area contributed by atoms with Crippen LogP contribution in [0.3, 0.4) is 0 Å². The number of fused-ring (bicyclic) bond motifs is 6. The van der Waals surface area contributed by atoms with E-state index >= 15 is 0 Å². The van der Waals surface area contributed by atoms with Gasteiger partial charge < -0.3 is 9.47 Å². The lowest BCUT2D eigenvalue weighted by Crippen LogP contribution is -2.15. The maximum atomic E-state index is 6.80. The van der Waals surface area contributed by atoms with Crippen molar-refractivity contribution >= 4 is 0 Å². The van der Waals surface area contributed by atoms with E-state index < -0.39 is 0 Å². The van der Waals surface area contributed by atoms with Crippen LogP contribution >= 0.6 is 0 Å². The SMILES string of the molecule is CC1(C)c2ccccc2-c2c1ccc1c2Oc2cc(-c3cccc(-c4cc(-c5ccc(-c6ccccc6)cc5)nc(-c5ccc(-c6ccccc6)cc5)n4)c3)ccc2O1. The Hall–Kier alpha value is -7.56. The van der Waals surface area contributed by atoms with Crippen molar-refractivity contribution in [2.45, 2.75) is 19.3 Å². The molecule has 0 amide bonds. The Kier molecular flexibility index (Phi) is 8.12. The minimum absolute atomic E-state index is 0.134. The highest BCUT2D eigenvalue weighted by atomic mass is 16.6. The fourth-order valence-electron chi connectivity index (χ4n) is 8.64. The van der Waals surface area contributed by atoms with Crippen molar-refractivity contribution in [1.82, 2.24) is 9.97 Å². The summed E-state index contributed by atoms with van der Waals surface area (Å²) >= 11 is 0. The summed E-state index contributed by atoms with van der Waals surface area (Å²) in [5.74, 6) is 3.57. The smallest absolute Gasteiger partial charge is 0.178 e. The molecular formula is C55H38N2O2. The van der Waals surface area contributed by atoms with Gasteiger partial charge in [-0.1, -0.05) is 178 Å². The van der Waals surface area contributed by atoms with E-state index in [1.165, 1.54) is 27.8 Å². The number of benzene rings is 8. The predicted molar refractivity (Wildman–Crippen MR) is 239 cm³/mol. The van der Waals surface area contributed by atoms with Crippen LogP contribution in [0.2, 0.25) is 0 Å². The summed E-state index contributed by atoms with van der Waals surface area (Å²) in [6.45, 7) is 4.55. The topological polar surface area (TPSA) is 44.2 Å². The molecule has 9 aromatic rings. The van der Waals surface area contributed by atoms with Crippen molar-refractivity contribution in [1.29, 1.82) is 0 Å². The highest BCUT2D eigenvalue weighted by molar-refractivity contribution is 5.88. The van der Waals surface area contributed by atoms with Crippen LogP contribution in [0.4, 0.5) is 0 Å². The van der Waals surface area contributed by atoms with Gasteiger partial charge in [-0.3, -0.25) is 0 Å². The summed E-state index contributed by atoms with van der Waals surface area (Å²) in [7, 11) is 0.